The van der Waals surface area contributed by atoms with Gasteiger partial charge in [0.05, 0.1) is 6.61 Å². The highest BCUT2D eigenvalue weighted by Gasteiger charge is 2.20. The summed E-state index contributed by atoms with van der Waals surface area (Å²) in [7, 11) is 0. The Morgan fingerprint density at radius 3 is 2.57 bits per heavy atom. The maximum absolute atomic E-state index is 13.4. The molecule has 1 rings (SSSR count). The molecule has 0 saturated carbocycles. The van der Waals surface area contributed by atoms with E-state index < -0.39 is 12.1 Å². The number of halogens is 2. The van der Waals surface area contributed by atoms with Crippen molar-refractivity contribution >= 4 is 28.6 Å². The highest BCUT2D eigenvalue weighted by molar-refractivity contribution is 14.1. The molecule has 0 saturated heterocycles. The number of benzene rings is 1. The molecule has 0 aliphatic heterocycles. The number of hydrogen-bond donors (Lipinski definition) is 0. The molecule has 1 unspecified atom stereocenters. The van der Waals surface area contributed by atoms with Gasteiger partial charge in [-0.15, -0.1) is 0 Å². The molecule has 14 heavy (non-hydrogen) atoms. The second-order valence-electron chi connectivity index (χ2n) is 2.67. The summed E-state index contributed by atoms with van der Waals surface area (Å²) in [6.45, 7) is 1.85. The van der Waals surface area contributed by atoms with Crippen LogP contribution >= 0.6 is 22.6 Å². The highest BCUT2D eigenvalue weighted by Crippen LogP contribution is 2.19. The van der Waals surface area contributed by atoms with Crippen molar-refractivity contribution < 1.29 is 13.9 Å². The number of carbonyl (C=O) groups excluding carboxylic acids is 1. The number of esters is 1. The van der Waals surface area contributed by atoms with Gasteiger partial charge in [-0.25, -0.2) is 9.18 Å². The Bertz CT molecular complexity index is 310. The molecule has 1 atom stereocenters. The van der Waals surface area contributed by atoms with Gasteiger partial charge >= 0.3 is 5.97 Å². The average molecular weight is 308 g/mol. The molecule has 0 spiro atoms. The quantitative estimate of drug-likeness (QED) is 0.634. The first-order valence-corrected chi connectivity index (χ1v) is 5.29. The SMILES string of the molecule is CCOC(=O)C(F)c1ccc(I)cc1. The predicted molar refractivity (Wildman–Crippen MR) is 59.6 cm³/mol. The zero-order valence-electron chi connectivity index (χ0n) is 7.67. The third kappa shape index (κ3) is 2.94. The van der Waals surface area contributed by atoms with E-state index in [9.17, 15) is 9.18 Å². The van der Waals surface area contributed by atoms with E-state index in [-0.39, 0.29) is 6.61 Å². The molecule has 76 valence electrons. The van der Waals surface area contributed by atoms with E-state index in [0.717, 1.165) is 3.57 Å². The molecule has 0 aliphatic rings. The molecule has 4 heteroatoms. The largest absolute Gasteiger partial charge is 0.464 e. The Hall–Kier alpha value is -0.650. The Balaban J connectivity index is 2.73. The minimum atomic E-state index is -1.67. The van der Waals surface area contributed by atoms with Crippen LogP contribution in [-0.2, 0) is 9.53 Å². The van der Waals surface area contributed by atoms with Crippen LogP contribution in [0, 0.1) is 3.57 Å². The van der Waals surface area contributed by atoms with Crippen molar-refractivity contribution in [1.82, 2.24) is 0 Å². The first-order valence-electron chi connectivity index (χ1n) is 4.21. The van der Waals surface area contributed by atoms with E-state index in [1.165, 1.54) is 0 Å². The molecule has 2 nitrogen and oxygen atoms in total. The van der Waals surface area contributed by atoms with E-state index in [1.807, 2.05) is 0 Å². The molecule has 1 aromatic rings. The summed E-state index contributed by atoms with van der Waals surface area (Å²) in [5, 5.41) is 0. The summed E-state index contributed by atoms with van der Waals surface area (Å²) in [4.78, 5) is 11.0. The van der Waals surface area contributed by atoms with Crippen molar-refractivity contribution in [2.24, 2.45) is 0 Å². The number of carbonyl (C=O) groups is 1. The van der Waals surface area contributed by atoms with E-state index >= 15 is 0 Å². The van der Waals surface area contributed by atoms with Gasteiger partial charge in [0.15, 0.2) is 0 Å². The van der Waals surface area contributed by atoms with Crippen molar-refractivity contribution in [3.63, 3.8) is 0 Å². The van der Waals surface area contributed by atoms with Crippen LogP contribution in [0.2, 0.25) is 0 Å². The zero-order chi connectivity index (χ0) is 10.6. The lowest BCUT2D eigenvalue weighted by Crippen LogP contribution is -2.11. The van der Waals surface area contributed by atoms with Gasteiger partial charge in [0, 0.05) is 3.57 Å². The van der Waals surface area contributed by atoms with Crippen LogP contribution in [0.15, 0.2) is 24.3 Å². The highest BCUT2D eigenvalue weighted by atomic mass is 127. The smallest absolute Gasteiger partial charge is 0.345 e. The summed E-state index contributed by atoms with van der Waals surface area (Å²) < 4.78 is 18.9. The second-order valence-corrected chi connectivity index (χ2v) is 3.91. The summed E-state index contributed by atoms with van der Waals surface area (Å²) in [5.41, 5.74) is 0.337. The maximum atomic E-state index is 13.4. The monoisotopic (exact) mass is 308 g/mol. The van der Waals surface area contributed by atoms with Crippen molar-refractivity contribution in [2.45, 2.75) is 13.1 Å². The van der Waals surface area contributed by atoms with Crippen LogP contribution < -0.4 is 0 Å². The van der Waals surface area contributed by atoms with Crippen molar-refractivity contribution in [3.8, 4) is 0 Å². The first kappa shape index (κ1) is 11.4. The Labute approximate surface area is 95.6 Å². The third-order valence-electron chi connectivity index (χ3n) is 1.66. The lowest BCUT2D eigenvalue weighted by Gasteiger charge is -2.07. The lowest BCUT2D eigenvalue weighted by molar-refractivity contribution is -0.149. The molecule has 0 N–H and O–H groups in total. The molecule has 0 radical (unpaired) electrons. The average Bonchev–Trinajstić information content (AvgIpc) is 2.18. The Morgan fingerprint density at radius 1 is 1.50 bits per heavy atom. The van der Waals surface area contributed by atoms with E-state index in [2.05, 4.69) is 27.3 Å². The minimum Gasteiger partial charge on any atom is -0.464 e. The summed E-state index contributed by atoms with van der Waals surface area (Å²) in [5.74, 6) is -0.825. The van der Waals surface area contributed by atoms with Crippen LogP contribution in [0.3, 0.4) is 0 Å². The second kappa shape index (κ2) is 5.29. The van der Waals surface area contributed by atoms with Gasteiger partial charge in [0.25, 0.3) is 0 Å². The van der Waals surface area contributed by atoms with Crippen molar-refractivity contribution in [1.29, 1.82) is 0 Å². The van der Waals surface area contributed by atoms with E-state index in [1.54, 1.807) is 31.2 Å². The zero-order valence-corrected chi connectivity index (χ0v) is 9.82. The molecular weight excluding hydrogens is 298 g/mol. The van der Waals surface area contributed by atoms with E-state index in [4.69, 9.17) is 0 Å². The van der Waals surface area contributed by atoms with Crippen molar-refractivity contribution in [3.05, 3.63) is 33.4 Å². The fraction of sp³-hybridized carbons (Fsp3) is 0.300. The summed E-state index contributed by atoms with van der Waals surface area (Å²) >= 11 is 2.12. The van der Waals surface area contributed by atoms with Crippen LogP contribution in [0.1, 0.15) is 18.7 Å². The van der Waals surface area contributed by atoms with Gasteiger partial charge in [-0.1, -0.05) is 12.1 Å². The summed E-state index contributed by atoms with van der Waals surface area (Å²) in [6.07, 6.45) is -1.67. The minimum absolute atomic E-state index is 0.198. The molecule has 0 aliphatic carbocycles. The molecule has 0 aromatic heterocycles. The molecular formula is C10H10FIO2. The number of alkyl halides is 1. The predicted octanol–water partition coefficient (Wildman–Crippen LogP) is 2.86. The van der Waals surface area contributed by atoms with Gasteiger partial charge in [0.1, 0.15) is 0 Å². The number of rotatable bonds is 3. The molecule has 0 amide bonds. The van der Waals surface area contributed by atoms with Gasteiger partial charge < -0.3 is 4.74 Å². The van der Waals surface area contributed by atoms with Gasteiger partial charge in [-0.3, -0.25) is 0 Å². The van der Waals surface area contributed by atoms with Crippen LogP contribution in [0.25, 0.3) is 0 Å². The summed E-state index contributed by atoms with van der Waals surface area (Å²) in [6, 6.07) is 6.68. The van der Waals surface area contributed by atoms with Gasteiger partial charge in [-0.05, 0) is 47.2 Å². The van der Waals surface area contributed by atoms with Crippen LogP contribution in [0.4, 0.5) is 4.39 Å². The lowest BCUT2D eigenvalue weighted by atomic mass is 10.1. The topological polar surface area (TPSA) is 26.3 Å². The van der Waals surface area contributed by atoms with E-state index in [0.29, 0.717) is 5.56 Å². The number of ether oxygens (including phenoxy) is 1. The molecule has 0 heterocycles. The fourth-order valence-corrected chi connectivity index (χ4v) is 1.34. The molecule has 0 bridgehead atoms. The Kier molecular flexibility index (Phi) is 4.31. The van der Waals surface area contributed by atoms with Crippen molar-refractivity contribution in [2.75, 3.05) is 6.61 Å². The normalized spacial score (nSPS) is 12.2. The standard InChI is InChI=1S/C10H10FIO2/c1-2-14-10(13)9(11)7-3-5-8(12)6-4-7/h3-6,9H,2H2,1H3. The maximum Gasteiger partial charge on any atom is 0.345 e. The van der Waals surface area contributed by atoms with Gasteiger partial charge in [-0.2, -0.15) is 0 Å². The number of hydrogen-bond acceptors (Lipinski definition) is 2. The molecule has 0 fully saturated rings. The van der Waals surface area contributed by atoms with Crippen LogP contribution in [0.5, 0.6) is 0 Å². The fourth-order valence-electron chi connectivity index (χ4n) is 0.983. The first-order chi connectivity index (χ1) is 6.65. The Morgan fingerprint density at radius 2 is 2.07 bits per heavy atom. The molecule has 1 aromatic carbocycles. The van der Waals surface area contributed by atoms with Crippen LogP contribution in [-0.4, -0.2) is 12.6 Å². The van der Waals surface area contributed by atoms with Gasteiger partial charge in [0.2, 0.25) is 6.17 Å². The third-order valence-corrected chi connectivity index (χ3v) is 2.38.